The van der Waals surface area contributed by atoms with Crippen LogP contribution >= 0.6 is 7.11 Å². The molecule has 1 aliphatic rings. The number of hydrogen-bond donors (Lipinski definition) is 3. The van der Waals surface area contributed by atoms with Gasteiger partial charge in [-0.2, -0.15) is 0 Å². The molecule has 5 atom stereocenters. The molecule has 8 nitrogen and oxygen atoms in total. The van der Waals surface area contributed by atoms with E-state index in [-0.39, 0.29) is 17.0 Å². The maximum absolute atomic E-state index is 12.0. The van der Waals surface area contributed by atoms with Gasteiger partial charge >= 0.3 is 0 Å². The Morgan fingerprint density at radius 2 is 2.25 bits per heavy atom. The Balaban J connectivity index is 1.90. The summed E-state index contributed by atoms with van der Waals surface area (Å²) in [6, 6.07) is 0. The fraction of sp³-hybridized carbons (Fsp3) is 0.600. The molecule has 0 saturated carbocycles. The van der Waals surface area contributed by atoms with Crippen molar-refractivity contribution in [2.45, 2.75) is 38.7 Å². The minimum atomic E-state index is -2.16. The van der Waals surface area contributed by atoms with Crippen LogP contribution in [0, 0.1) is 12.8 Å². The molecule has 132 valence electrons. The maximum atomic E-state index is 12.0. The molecule has 0 aromatic carbocycles. The molecule has 0 aliphatic carbocycles. The van der Waals surface area contributed by atoms with Crippen molar-refractivity contribution >= 4 is 24.6 Å². The van der Waals surface area contributed by atoms with E-state index in [1.165, 1.54) is 6.33 Å². The van der Waals surface area contributed by atoms with Crippen LogP contribution in [-0.4, -0.2) is 60.9 Å². The summed E-state index contributed by atoms with van der Waals surface area (Å²) in [4.78, 5) is 32.9. The lowest BCUT2D eigenvalue weighted by Gasteiger charge is -2.18. The van der Waals surface area contributed by atoms with Gasteiger partial charge in [0, 0.05) is 5.92 Å². The molecule has 1 fully saturated rings. The van der Waals surface area contributed by atoms with Gasteiger partial charge in [-0.25, -0.2) is 9.97 Å². The van der Waals surface area contributed by atoms with Gasteiger partial charge in [-0.05, 0) is 33.3 Å². The third-order valence-corrected chi connectivity index (χ3v) is 5.63. The average Bonchev–Trinajstić information content (AvgIpc) is 3.00. The fourth-order valence-electron chi connectivity index (χ4n) is 3.08. The van der Waals surface area contributed by atoms with Crippen molar-refractivity contribution in [1.29, 1.82) is 0 Å². The molecule has 0 spiro atoms. The summed E-state index contributed by atoms with van der Waals surface area (Å²) < 4.78 is 7.71. The molecule has 1 aliphatic heterocycles. The molecule has 2 unspecified atom stereocenters. The van der Waals surface area contributed by atoms with Crippen molar-refractivity contribution in [3.8, 4) is 0 Å². The van der Waals surface area contributed by atoms with Crippen molar-refractivity contribution in [3.63, 3.8) is 0 Å². The molecular weight excluding hydrogens is 331 g/mol. The van der Waals surface area contributed by atoms with E-state index in [1.54, 1.807) is 18.2 Å². The first kappa shape index (κ1) is 17.4. The predicted molar refractivity (Wildman–Crippen MR) is 93.6 cm³/mol. The number of aliphatic hydroxyl groups is 1. The molecule has 0 amide bonds. The van der Waals surface area contributed by atoms with Crippen LogP contribution in [0.25, 0.3) is 11.2 Å². The average molecular weight is 354 g/mol. The van der Waals surface area contributed by atoms with Crippen LogP contribution in [0.1, 0.15) is 25.4 Å². The number of nitrogens with zero attached hydrogens (tertiary/aromatic N) is 3. The van der Waals surface area contributed by atoms with E-state index >= 15 is 0 Å². The molecule has 3 heterocycles. The Kier molecular flexibility index (Phi) is 4.42. The molecular formula is C15H23N4O4P. The maximum Gasteiger partial charge on any atom is 0.279 e. The highest BCUT2D eigenvalue weighted by atomic mass is 31.2. The lowest BCUT2D eigenvalue weighted by Crippen LogP contribution is -2.26. The lowest BCUT2D eigenvalue weighted by molar-refractivity contribution is -0.0207. The fourth-order valence-corrected chi connectivity index (χ4v) is 3.89. The monoisotopic (exact) mass is 354 g/mol. The Labute approximate surface area is 139 Å². The number of aromatic amines is 1. The number of H-pyrrole nitrogens is 1. The highest BCUT2D eigenvalue weighted by Crippen LogP contribution is 2.41. The number of hydrogen-bond acceptors (Lipinski definition) is 6. The van der Waals surface area contributed by atoms with Crippen LogP contribution in [-0.2, 0) is 4.74 Å². The number of ether oxygens (including phenoxy) is 1. The second-order valence-corrected chi connectivity index (χ2v) is 9.87. The number of aryl methyl sites for hydroxylation is 1. The van der Waals surface area contributed by atoms with Gasteiger partial charge in [0.2, 0.25) is 0 Å². The SMILES string of the molecule is C=P(C)(O)CC[C@H]1OC(n2cnc3c(=O)[nH]c(C)nc32)[C@H](C)[C@@H]1O. The van der Waals surface area contributed by atoms with Gasteiger partial charge in [0.1, 0.15) is 12.1 Å². The number of rotatable bonds is 4. The molecule has 2 aromatic heterocycles. The van der Waals surface area contributed by atoms with E-state index in [9.17, 15) is 14.8 Å². The summed E-state index contributed by atoms with van der Waals surface area (Å²) in [5.74, 6) is 0.303. The molecule has 0 radical (unpaired) electrons. The Morgan fingerprint density at radius 1 is 1.54 bits per heavy atom. The van der Waals surface area contributed by atoms with Crippen molar-refractivity contribution in [3.05, 3.63) is 22.5 Å². The summed E-state index contributed by atoms with van der Waals surface area (Å²) in [6.45, 7) is 5.32. The van der Waals surface area contributed by atoms with Crippen LogP contribution in [0.4, 0.5) is 0 Å². The Hall–Kier alpha value is -1.47. The second-order valence-electron chi connectivity index (χ2n) is 6.74. The van der Waals surface area contributed by atoms with E-state index in [4.69, 9.17) is 4.74 Å². The van der Waals surface area contributed by atoms with Gasteiger partial charge in [-0.15, -0.1) is 0 Å². The predicted octanol–water partition coefficient (Wildman–Crippen LogP) is 0.699. The van der Waals surface area contributed by atoms with Crippen molar-refractivity contribution < 1.29 is 14.7 Å². The van der Waals surface area contributed by atoms with Crippen molar-refractivity contribution in [2.24, 2.45) is 5.92 Å². The topological polar surface area (TPSA) is 113 Å². The third-order valence-electron chi connectivity index (χ3n) is 4.40. The first-order valence-electron chi connectivity index (χ1n) is 7.87. The first-order valence-corrected chi connectivity index (χ1v) is 10.4. The van der Waals surface area contributed by atoms with Gasteiger partial charge in [0.15, 0.2) is 11.2 Å². The van der Waals surface area contributed by atoms with Crippen LogP contribution in [0.15, 0.2) is 11.1 Å². The normalized spacial score (nSPS) is 29.9. The van der Waals surface area contributed by atoms with E-state index < -0.39 is 25.5 Å². The highest BCUT2D eigenvalue weighted by Gasteiger charge is 2.42. The van der Waals surface area contributed by atoms with E-state index in [2.05, 4.69) is 21.3 Å². The number of aromatic nitrogens is 4. The zero-order chi connectivity index (χ0) is 17.6. The van der Waals surface area contributed by atoms with Crippen LogP contribution in [0.3, 0.4) is 0 Å². The molecule has 3 N–H and O–H groups in total. The molecule has 9 heteroatoms. The Bertz CT molecular complexity index is 855. The van der Waals surface area contributed by atoms with E-state index in [0.29, 0.717) is 24.1 Å². The minimum Gasteiger partial charge on any atom is -0.390 e. The third kappa shape index (κ3) is 3.19. The van der Waals surface area contributed by atoms with Crippen LogP contribution < -0.4 is 5.56 Å². The molecule has 3 rings (SSSR count). The van der Waals surface area contributed by atoms with Crippen LogP contribution in [0.2, 0.25) is 0 Å². The Morgan fingerprint density at radius 3 is 2.92 bits per heavy atom. The quantitative estimate of drug-likeness (QED) is 0.697. The first-order chi connectivity index (χ1) is 11.2. The van der Waals surface area contributed by atoms with Crippen molar-refractivity contribution in [2.75, 3.05) is 12.8 Å². The van der Waals surface area contributed by atoms with Gasteiger partial charge in [0.05, 0.1) is 18.5 Å². The molecule has 0 bridgehead atoms. The van der Waals surface area contributed by atoms with E-state index in [1.807, 2.05) is 6.92 Å². The smallest absolute Gasteiger partial charge is 0.279 e. The van der Waals surface area contributed by atoms with E-state index in [0.717, 1.165) is 0 Å². The number of nitrogens with one attached hydrogen (secondary N) is 1. The second kappa shape index (κ2) is 6.11. The van der Waals surface area contributed by atoms with Gasteiger partial charge < -0.3 is 19.7 Å². The minimum absolute atomic E-state index is 0.193. The number of imidazole rings is 1. The number of fused-ring (bicyclic) bond motifs is 1. The summed E-state index contributed by atoms with van der Waals surface area (Å²) in [5.41, 5.74) is 0.399. The summed E-state index contributed by atoms with van der Waals surface area (Å²) in [5, 5.41) is 10.5. The summed E-state index contributed by atoms with van der Waals surface area (Å²) in [7, 11) is -2.16. The van der Waals surface area contributed by atoms with Gasteiger partial charge in [0.25, 0.3) is 5.56 Å². The zero-order valence-electron chi connectivity index (χ0n) is 14.0. The molecule has 1 saturated heterocycles. The lowest BCUT2D eigenvalue weighted by atomic mass is 10.0. The standard InChI is InChI=1S/C15H23N4O4P/c1-8-12(20)10(5-6-24(3,4)22)23-15(8)19-7-16-11-13(19)17-9(2)18-14(11)21/h7-8,10,12,15,20,22H,3,5-6H2,1-2,4H3,(H,17,18,21)/t8-,10-,12+,15?,24?/m1/s1. The molecule has 2 aromatic rings. The zero-order valence-corrected chi connectivity index (χ0v) is 14.9. The molecule has 24 heavy (non-hydrogen) atoms. The van der Waals surface area contributed by atoms with Gasteiger partial charge in [-0.3, -0.25) is 9.36 Å². The van der Waals surface area contributed by atoms with Gasteiger partial charge in [-0.1, -0.05) is 13.2 Å². The summed E-state index contributed by atoms with van der Waals surface area (Å²) in [6.07, 6.45) is 4.83. The van der Waals surface area contributed by atoms with Crippen LogP contribution in [0.5, 0.6) is 0 Å². The van der Waals surface area contributed by atoms with Crippen molar-refractivity contribution in [1.82, 2.24) is 19.5 Å². The summed E-state index contributed by atoms with van der Waals surface area (Å²) >= 11 is 0. The highest BCUT2D eigenvalue weighted by molar-refractivity contribution is 7.67. The largest absolute Gasteiger partial charge is 0.390 e. The number of aliphatic hydroxyl groups excluding tert-OH is 1.